The summed E-state index contributed by atoms with van der Waals surface area (Å²) in [6, 6.07) is 0. The van der Waals surface area contributed by atoms with Crippen molar-refractivity contribution >= 4 is 11.8 Å². The largest absolute Gasteiger partial charge is 0.0987 e. The van der Waals surface area contributed by atoms with Gasteiger partial charge in [0.05, 0.1) is 0 Å². The first kappa shape index (κ1) is 8.41. The second-order valence-corrected chi connectivity index (χ2v) is 3.41. The van der Waals surface area contributed by atoms with E-state index in [4.69, 9.17) is 0 Å². The van der Waals surface area contributed by atoms with E-state index in [2.05, 4.69) is 31.4 Å². The van der Waals surface area contributed by atoms with Gasteiger partial charge < -0.3 is 0 Å². The quantitative estimate of drug-likeness (QED) is 0.613. The second kappa shape index (κ2) is 4.24. The predicted molar refractivity (Wildman–Crippen MR) is 53.4 cm³/mol. The van der Waals surface area contributed by atoms with E-state index in [0.717, 1.165) is 17.7 Å². The Morgan fingerprint density at radius 1 is 1.55 bits per heavy atom. The molecule has 11 heavy (non-hydrogen) atoms. The molecule has 0 nitrogen and oxygen atoms in total. The van der Waals surface area contributed by atoms with Crippen LogP contribution in [0.1, 0.15) is 12.8 Å². The Hall–Kier alpha value is -0.690. The molecule has 0 aromatic heterocycles. The lowest BCUT2D eigenvalue weighted by Gasteiger charge is -2.06. The molecule has 0 radical (unpaired) electrons. The minimum Gasteiger partial charge on any atom is -0.0987 e. The highest BCUT2D eigenvalue weighted by Gasteiger charge is 1.99. The highest BCUT2D eigenvalue weighted by molar-refractivity contribution is 8.06. The van der Waals surface area contributed by atoms with Crippen molar-refractivity contribution in [3.63, 3.8) is 0 Å². The average molecular weight is 164 g/mol. The zero-order chi connectivity index (χ0) is 8.10. The van der Waals surface area contributed by atoms with Crippen molar-refractivity contribution in [2.45, 2.75) is 12.8 Å². The lowest BCUT2D eigenvalue weighted by Crippen LogP contribution is -1.84. The summed E-state index contributed by atoms with van der Waals surface area (Å²) in [5, 5.41) is 1.81. The minimum atomic E-state index is 1.09. The molecule has 0 N–H and O–H groups in total. The fourth-order valence-corrected chi connectivity index (χ4v) is 1.48. The van der Waals surface area contributed by atoms with Gasteiger partial charge in [-0.15, -0.1) is 0 Å². The molecule has 0 spiro atoms. The normalized spacial score (nSPS) is 15.8. The molecular formula is C10H12S. The van der Waals surface area contributed by atoms with Crippen LogP contribution in [0, 0.1) is 0 Å². The first-order valence-electron chi connectivity index (χ1n) is 3.68. The number of rotatable bonds is 3. The van der Waals surface area contributed by atoms with Crippen LogP contribution in [0.2, 0.25) is 0 Å². The summed E-state index contributed by atoms with van der Waals surface area (Å²) in [7, 11) is 0. The van der Waals surface area contributed by atoms with Crippen LogP contribution in [0.25, 0.3) is 0 Å². The Labute approximate surface area is 72.4 Å². The molecule has 0 aliphatic heterocycles. The standard InChI is InChI=1S/C10H12S/c1-3-11-9(2)10-7-5-4-6-8-10/h3,5,7-8H,1-2,4,6H2. The van der Waals surface area contributed by atoms with E-state index in [1.54, 1.807) is 11.8 Å². The topological polar surface area (TPSA) is 0 Å². The van der Waals surface area contributed by atoms with E-state index in [1.807, 2.05) is 5.41 Å². The number of hydrogen-bond donors (Lipinski definition) is 0. The first-order chi connectivity index (χ1) is 5.34. The third-order valence-corrected chi connectivity index (χ3v) is 2.23. The minimum absolute atomic E-state index is 1.09. The molecule has 58 valence electrons. The van der Waals surface area contributed by atoms with Crippen molar-refractivity contribution in [1.29, 1.82) is 0 Å². The van der Waals surface area contributed by atoms with Gasteiger partial charge in [-0.05, 0) is 23.8 Å². The van der Waals surface area contributed by atoms with Gasteiger partial charge in [0, 0.05) is 4.91 Å². The molecule has 0 fully saturated rings. The molecule has 0 atom stereocenters. The van der Waals surface area contributed by atoms with Crippen molar-refractivity contribution in [1.82, 2.24) is 0 Å². The van der Waals surface area contributed by atoms with Gasteiger partial charge >= 0.3 is 0 Å². The molecule has 0 heterocycles. The van der Waals surface area contributed by atoms with Crippen LogP contribution >= 0.6 is 11.8 Å². The van der Waals surface area contributed by atoms with Crippen LogP contribution in [-0.4, -0.2) is 0 Å². The lowest BCUT2D eigenvalue weighted by molar-refractivity contribution is 1.02. The number of thioether (sulfide) groups is 1. The molecular weight excluding hydrogens is 152 g/mol. The lowest BCUT2D eigenvalue weighted by atomic mass is 10.1. The maximum absolute atomic E-state index is 3.94. The van der Waals surface area contributed by atoms with Crippen molar-refractivity contribution in [2.75, 3.05) is 0 Å². The van der Waals surface area contributed by atoms with Crippen molar-refractivity contribution < 1.29 is 0 Å². The van der Waals surface area contributed by atoms with Gasteiger partial charge in [0.15, 0.2) is 0 Å². The molecule has 1 heteroatoms. The molecule has 1 rings (SSSR count). The van der Waals surface area contributed by atoms with Crippen LogP contribution in [0.15, 0.2) is 47.3 Å². The van der Waals surface area contributed by atoms with Gasteiger partial charge in [-0.25, -0.2) is 0 Å². The van der Waals surface area contributed by atoms with E-state index < -0.39 is 0 Å². The van der Waals surface area contributed by atoms with E-state index in [-0.39, 0.29) is 0 Å². The third-order valence-electron chi connectivity index (χ3n) is 1.54. The average Bonchev–Trinajstić information content (AvgIpc) is 2.07. The van der Waals surface area contributed by atoms with Crippen LogP contribution < -0.4 is 0 Å². The molecule has 1 aliphatic rings. The van der Waals surface area contributed by atoms with Gasteiger partial charge in [0.1, 0.15) is 0 Å². The molecule has 0 aromatic rings. The van der Waals surface area contributed by atoms with Crippen LogP contribution in [0.5, 0.6) is 0 Å². The maximum atomic E-state index is 3.94. The molecule has 0 unspecified atom stereocenters. The van der Waals surface area contributed by atoms with Crippen LogP contribution in [0.3, 0.4) is 0 Å². The summed E-state index contributed by atoms with van der Waals surface area (Å²) in [5.74, 6) is 0. The number of hydrogen-bond acceptors (Lipinski definition) is 1. The molecule has 0 bridgehead atoms. The van der Waals surface area contributed by atoms with Gasteiger partial charge in [0.2, 0.25) is 0 Å². The molecule has 0 saturated carbocycles. The Morgan fingerprint density at radius 3 is 2.91 bits per heavy atom. The number of allylic oxidation sites excluding steroid dienone is 4. The van der Waals surface area contributed by atoms with E-state index >= 15 is 0 Å². The molecule has 0 aromatic carbocycles. The Morgan fingerprint density at radius 2 is 2.36 bits per heavy atom. The first-order valence-corrected chi connectivity index (χ1v) is 4.56. The fourth-order valence-electron chi connectivity index (χ4n) is 0.989. The SMILES string of the molecule is C=CSC(=C)C1=CCCC=C1. The Bertz CT molecular complexity index is 221. The molecule has 0 amide bonds. The summed E-state index contributed by atoms with van der Waals surface area (Å²) in [4.78, 5) is 1.09. The zero-order valence-corrected chi connectivity index (χ0v) is 7.36. The second-order valence-electron chi connectivity index (χ2n) is 2.35. The summed E-state index contributed by atoms with van der Waals surface area (Å²) >= 11 is 1.59. The third kappa shape index (κ3) is 2.43. The van der Waals surface area contributed by atoms with Crippen molar-refractivity contribution in [3.05, 3.63) is 47.3 Å². The Kier molecular flexibility index (Phi) is 3.24. The van der Waals surface area contributed by atoms with E-state index in [0.29, 0.717) is 0 Å². The highest BCUT2D eigenvalue weighted by Crippen LogP contribution is 2.26. The predicted octanol–water partition coefficient (Wildman–Crippen LogP) is 3.65. The van der Waals surface area contributed by atoms with Gasteiger partial charge in [0.25, 0.3) is 0 Å². The fraction of sp³-hybridized carbons (Fsp3) is 0.200. The van der Waals surface area contributed by atoms with Gasteiger partial charge in [-0.2, -0.15) is 0 Å². The van der Waals surface area contributed by atoms with Crippen molar-refractivity contribution in [3.8, 4) is 0 Å². The summed E-state index contributed by atoms with van der Waals surface area (Å²) < 4.78 is 0. The summed E-state index contributed by atoms with van der Waals surface area (Å²) in [5.41, 5.74) is 1.25. The van der Waals surface area contributed by atoms with E-state index in [1.165, 1.54) is 5.57 Å². The molecule has 1 aliphatic carbocycles. The maximum Gasteiger partial charge on any atom is 0.0113 e. The van der Waals surface area contributed by atoms with E-state index in [9.17, 15) is 0 Å². The summed E-state index contributed by atoms with van der Waals surface area (Å²) in [6.45, 7) is 7.59. The van der Waals surface area contributed by atoms with Gasteiger partial charge in [-0.1, -0.05) is 43.1 Å². The van der Waals surface area contributed by atoms with Crippen molar-refractivity contribution in [2.24, 2.45) is 0 Å². The Balaban J connectivity index is 2.59. The van der Waals surface area contributed by atoms with Crippen LogP contribution in [-0.2, 0) is 0 Å². The van der Waals surface area contributed by atoms with Gasteiger partial charge in [-0.3, -0.25) is 0 Å². The smallest absolute Gasteiger partial charge is 0.0113 e. The van der Waals surface area contributed by atoms with Crippen LogP contribution in [0.4, 0.5) is 0 Å². The monoisotopic (exact) mass is 164 g/mol. The molecule has 0 saturated heterocycles. The summed E-state index contributed by atoms with van der Waals surface area (Å²) in [6.07, 6.45) is 8.84. The highest BCUT2D eigenvalue weighted by atomic mass is 32.2. The zero-order valence-electron chi connectivity index (χ0n) is 6.55.